The molecule has 0 aliphatic rings. The molecule has 108 valence electrons. The van der Waals surface area contributed by atoms with Crippen LogP contribution in [0.25, 0.3) is 0 Å². The van der Waals surface area contributed by atoms with Crippen molar-refractivity contribution in [3.63, 3.8) is 0 Å². The van der Waals surface area contributed by atoms with E-state index >= 15 is 0 Å². The Balaban J connectivity index is 2.06. The van der Waals surface area contributed by atoms with Crippen LogP contribution in [0.15, 0.2) is 45.1 Å². The monoisotopic (exact) mass is 374 g/mol. The van der Waals surface area contributed by atoms with Crippen molar-refractivity contribution in [2.24, 2.45) is 5.73 Å². The van der Waals surface area contributed by atoms with Crippen LogP contribution >= 0.6 is 27.3 Å². The Bertz CT molecular complexity index is 683. The molecule has 1 heterocycles. The van der Waals surface area contributed by atoms with Gasteiger partial charge in [0, 0.05) is 15.9 Å². The lowest BCUT2D eigenvalue weighted by molar-refractivity contribution is 0.583. The summed E-state index contributed by atoms with van der Waals surface area (Å²) in [6.45, 7) is 0.789. The quantitative estimate of drug-likeness (QED) is 0.815. The molecule has 2 rings (SSSR count). The highest BCUT2D eigenvalue weighted by Gasteiger charge is 2.16. The Hall–Kier alpha value is -0.730. The minimum Gasteiger partial charge on any atom is -0.330 e. The molecule has 0 bridgehead atoms. The van der Waals surface area contributed by atoms with Gasteiger partial charge in [-0.15, -0.1) is 11.3 Å². The highest BCUT2D eigenvalue weighted by Crippen LogP contribution is 2.22. The van der Waals surface area contributed by atoms with Crippen molar-refractivity contribution in [1.82, 2.24) is 4.72 Å². The SMILES string of the molecule is NCCc1ccc(S(=O)(=O)NCc2cccc(Br)c2)s1. The van der Waals surface area contributed by atoms with Gasteiger partial charge in [0.05, 0.1) is 0 Å². The Morgan fingerprint density at radius 2 is 2.05 bits per heavy atom. The van der Waals surface area contributed by atoms with E-state index in [9.17, 15) is 8.42 Å². The number of nitrogens with two attached hydrogens (primary N) is 1. The van der Waals surface area contributed by atoms with Crippen LogP contribution in [-0.2, 0) is 23.0 Å². The van der Waals surface area contributed by atoms with Crippen LogP contribution in [0.3, 0.4) is 0 Å². The van der Waals surface area contributed by atoms with E-state index in [0.29, 0.717) is 17.2 Å². The van der Waals surface area contributed by atoms with E-state index in [4.69, 9.17) is 5.73 Å². The number of benzene rings is 1. The van der Waals surface area contributed by atoms with Gasteiger partial charge in [-0.3, -0.25) is 0 Å². The van der Waals surface area contributed by atoms with Crippen molar-refractivity contribution < 1.29 is 8.42 Å². The molecule has 0 saturated carbocycles. The summed E-state index contributed by atoms with van der Waals surface area (Å²) in [5.74, 6) is 0. The Morgan fingerprint density at radius 1 is 1.25 bits per heavy atom. The summed E-state index contributed by atoms with van der Waals surface area (Å²) in [6, 6.07) is 11.0. The Labute approximate surface area is 131 Å². The van der Waals surface area contributed by atoms with Crippen LogP contribution in [-0.4, -0.2) is 15.0 Å². The van der Waals surface area contributed by atoms with Gasteiger partial charge in [-0.2, -0.15) is 0 Å². The summed E-state index contributed by atoms with van der Waals surface area (Å²) < 4.78 is 28.2. The molecule has 3 N–H and O–H groups in total. The van der Waals surface area contributed by atoms with Gasteiger partial charge in [0.1, 0.15) is 4.21 Å². The van der Waals surface area contributed by atoms with E-state index in [-0.39, 0.29) is 6.54 Å². The molecule has 1 aromatic heterocycles. The summed E-state index contributed by atoms with van der Waals surface area (Å²) in [4.78, 5) is 0.982. The second kappa shape index (κ2) is 6.82. The summed E-state index contributed by atoms with van der Waals surface area (Å²) in [7, 11) is -3.46. The first kappa shape index (κ1) is 15.7. The first-order chi connectivity index (χ1) is 9.51. The smallest absolute Gasteiger partial charge is 0.250 e. The summed E-state index contributed by atoms with van der Waals surface area (Å²) in [5, 5.41) is 0. The topological polar surface area (TPSA) is 72.2 Å². The minimum atomic E-state index is -3.46. The second-order valence-corrected chi connectivity index (χ2v) is 8.29. The molecular weight excluding hydrogens is 360 g/mol. The van der Waals surface area contributed by atoms with Gasteiger partial charge in [0.15, 0.2) is 0 Å². The molecule has 0 fully saturated rings. The highest BCUT2D eigenvalue weighted by atomic mass is 79.9. The third-order valence-corrected chi connectivity index (χ3v) is 6.18. The Kier molecular flexibility index (Phi) is 5.34. The number of hydrogen-bond acceptors (Lipinski definition) is 4. The normalized spacial score (nSPS) is 11.7. The predicted octanol–water partition coefficient (Wildman–Crippen LogP) is 2.49. The van der Waals surface area contributed by atoms with Gasteiger partial charge < -0.3 is 5.73 Å². The predicted molar refractivity (Wildman–Crippen MR) is 85.2 cm³/mol. The van der Waals surface area contributed by atoms with Crippen LogP contribution < -0.4 is 10.5 Å². The number of nitrogens with one attached hydrogen (secondary N) is 1. The molecule has 0 amide bonds. The van der Waals surface area contributed by atoms with Gasteiger partial charge in [0.2, 0.25) is 10.0 Å². The molecule has 0 atom stereocenters. The largest absolute Gasteiger partial charge is 0.330 e. The van der Waals surface area contributed by atoms with E-state index < -0.39 is 10.0 Å². The average Bonchev–Trinajstić information content (AvgIpc) is 2.87. The third-order valence-electron chi connectivity index (χ3n) is 2.65. The maximum Gasteiger partial charge on any atom is 0.250 e. The van der Waals surface area contributed by atoms with Crippen molar-refractivity contribution >= 4 is 37.3 Å². The summed E-state index contributed by atoms with van der Waals surface area (Å²) >= 11 is 4.62. The fraction of sp³-hybridized carbons (Fsp3) is 0.231. The molecule has 0 aliphatic heterocycles. The summed E-state index contributed by atoms with van der Waals surface area (Å²) in [6.07, 6.45) is 0.700. The van der Waals surface area contributed by atoms with Crippen molar-refractivity contribution in [2.45, 2.75) is 17.2 Å². The van der Waals surface area contributed by atoms with Crippen LogP contribution in [0, 0.1) is 0 Å². The van der Waals surface area contributed by atoms with Gasteiger partial charge in [-0.1, -0.05) is 28.1 Å². The van der Waals surface area contributed by atoms with Crippen LogP contribution in [0.1, 0.15) is 10.4 Å². The molecule has 4 nitrogen and oxygen atoms in total. The maximum atomic E-state index is 12.2. The molecule has 1 aromatic carbocycles. The number of thiophene rings is 1. The molecule has 0 saturated heterocycles. The van der Waals surface area contributed by atoms with Crippen LogP contribution in [0.5, 0.6) is 0 Å². The van der Waals surface area contributed by atoms with Crippen molar-refractivity contribution in [1.29, 1.82) is 0 Å². The zero-order chi connectivity index (χ0) is 14.6. The molecule has 2 aromatic rings. The summed E-state index contributed by atoms with van der Waals surface area (Å²) in [5.41, 5.74) is 6.37. The maximum absolute atomic E-state index is 12.2. The van der Waals surface area contributed by atoms with E-state index in [1.165, 1.54) is 11.3 Å². The Morgan fingerprint density at radius 3 is 2.75 bits per heavy atom. The molecule has 0 unspecified atom stereocenters. The highest BCUT2D eigenvalue weighted by molar-refractivity contribution is 9.10. The van der Waals surface area contributed by atoms with Gasteiger partial charge in [-0.25, -0.2) is 13.1 Å². The molecule has 0 aliphatic carbocycles. The van der Waals surface area contributed by atoms with Gasteiger partial charge in [-0.05, 0) is 42.8 Å². The fourth-order valence-corrected chi connectivity index (χ4v) is 4.56. The molecule has 7 heteroatoms. The fourth-order valence-electron chi connectivity index (χ4n) is 1.68. The second-order valence-electron chi connectivity index (χ2n) is 4.21. The molecule has 0 radical (unpaired) electrons. The van der Waals surface area contributed by atoms with Gasteiger partial charge in [0.25, 0.3) is 0 Å². The van der Waals surface area contributed by atoms with E-state index in [0.717, 1.165) is 14.9 Å². The van der Waals surface area contributed by atoms with E-state index in [1.807, 2.05) is 30.3 Å². The van der Waals surface area contributed by atoms with E-state index in [2.05, 4.69) is 20.7 Å². The first-order valence-electron chi connectivity index (χ1n) is 6.04. The number of hydrogen-bond donors (Lipinski definition) is 2. The lowest BCUT2D eigenvalue weighted by Gasteiger charge is -2.05. The molecule has 20 heavy (non-hydrogen) atoms. The third kappa shape index (κ3) is 4.13. The van der Waals surface area contributed by atoms with E-state index in [1.54, 1.807) is 6.07 Å². The number of sulfonamides is 1. The van der Waals surface area contributed by atoms with Crippen LogP contribution in [0.2, 0.25) is 0 Å². The lowest BCUT2D eigenvalue weighted by Crippen LogP contribution is -2.22. The van der Waals surface area contributed by atoms with Crippen LogP contribution in [0.4, 0.5) is 0 Å². The standard InChI is InChI=1S/C13H15BrN2O2S2/c14-11-3-1-2-10(8-11)9-16-20(17,18)13-5-4-12(19-13)6-7-15/h1-5,8,16H,6-7,9,15H2. The minimum absolute atomic E-state index is 0.270. The zero-order valence-electron chi connectivity index (χ0n) is 10.7. The van der Waals surface area contributed by atoms with Crippen molar-refractivity contribution in [2.75, 3.05) is 6.54 Å². The molecular formula is C13H15BrN2O2S2. The lowest BCUT2D eigenvalue weighted by atomic mass is 10.2. The van der Waals surface area contributed by atoms with Gasteiger partial charge >= 0.3 is 0 Å². The number of rotatable bonds is 6. The average molecular weight is 375 g/mol. The van der Waals surface area contributed by atoms with Crippen molar-refractivity contribution in [3.05, 3.63) is 51.3 Å². The van der Waals surface area contributed by atoms with Crippen molar-refractivity contribution in [3.8, 4) is 0 Å². The molecule has 0 spiro atoms. The zero-order valence-corrected chi connectivity index (χ0v) is 13.9. The number of halogens is 1. The first-order valence-corrected chi connectivity index (χ1v) is 9.13.